The summed E-state index contributed by atoms with van der Waals surface area (Å²) in [6.07, 6.45) is -0.434. The number of hydrogen-bond acceptors (Lipinski definition) is 5. The third-order valence-corrected chi connectivity index (χ3v) is 7.20. The Labute approximate surface area is 192 Å². The minimum atomic E-state index is -1.11. The summed E-state index contributed by atoms with van der Waals surface area (Å²) in [4.78, 5) is 11.0. The Morgan fingerprint density at radius 2 is 1.22 bits per heavy atom. The molecule has 0 aliphatic carbocycles. The van der Waals surface area contributed by atoms with Crippen molar-refractivity contribution in [2.75, 3.05) is 5.32 Å². The lowest BCUT2D eigenvalue weighted by molar-refractivity contribution is 0.00578. The van der Waals surface area contributed by atoms with Crippen LogP contribution in [0.1, 0.15) is 74.3 Å². The fraction of sp³-hybridized carbons (Fsp3) is 0.609. The van der Waals surface area contributed by atoms with Crippen molar-refractivity contribution in [3.05, 3.63) is 35.3 Å². The van der Waals surface area contributed by atoms with E-state index >= 15 is 0 Å². The number of carbonyl (C=O) groups is 1. The van der Waals surface area contributed by atoms with E-state index in [0.29, 0.717) is 12.1 Å². The molecule has 1 amide bonds. The molecule has 0 atom stereocenters. The molecule has 2 aliphatic heterocycles. The highest BCUT2D eigenvalue weighted by molar-refractivity contribution is 6.74. The zero-order valence-corrected chi connectivity index (χ0v) is 20.7. The average Bonchev–Trinajstić information content (AvgIpc) is 2.99. The van der Waals surface area contributed by atoms with E-state index in [1.165, 1.54) is 0 Å². The standard InChI is InChI=1S/C23H35B2NO6/c1-10-17(24-29-20(2,3)21(4,5)30-24)18(25-31-22(6,7)23(8,9)32-25)15-11-13-16(14-12-15)26-19(27)28/h11-14,26H,10H2,1-9H3,(H,27,28). The Morgan fingerprint density at radius 3 is 1.59 bits per heavy atom. The molecule has 2 aliphatic rings. The molecule has 0 spiro atoms. The highest BCUT2D eigenvalue weighted by Gasteiger charge is 2.56. The number of carboxylic acid groups (broad SMARTS) is 1. The van der Waals surface area contributed by atoms with Crippen LogP contribution in [0.15, 0.2) is 29.7 Å². The van der Waals surface area contributed by atoms with Gasteiger partial charge in [0.25, 0.3) is 0 Å². The van der Waals surface area contributed by atoms with Gasteiger partial charge in [-0.05, 0) is 90.5 Å². The number of allylic oxidation sites excluding steroid dienone is 1. The van der Waals surface area contributed by atoms with Crippen LogP contribution < -0.4 is 5.32 Å². The third kappa shape index (κ3) is 4.49. The fourth-order valence-electron chi connectivity index (χ4n) is 3.76. The molecule has 2 saturated heterocycles. The summed E-state index contributed by atoms with van der Waals surface area (Å²) in [5, 5.41) is 11.4. The third-order valence-electron chi connectivity index (χ3n) is 7.20. The van der Waals surface area contributed by atoms with Crippen LogP contribution in [0.3, 0.4) is 0 Å². The van der Waals surface area contributed by atoms with Gasteiger partial charge in [-0.2, -0.15) is 0 Å². The predicted octanol–water partition coefficient (Wildman–Crippen LogP) is 5.20. The second-order valence-corrected chi connectivity index (χ2v) is 10.5. The number of amides is 1. The first kappa shape index (κ1) is 24.8. The predicted molar refractivity (Wildman–Crippen MR) is 127 cm³/mol. The molecule has 2 fully saturated rings. The molecule has 32 heavy (non-hydrogen) atoms. The van der Waals surface area contributed by atoms with Crippen LogP contribution in [0, 0.1) is 0 Å². The molecule has 174 valence electrons. The Balaban J connectivity index is 2.11. The normalized spacial score (nSPS) is 23.8. The number of anilines is 1. The average molecular weight is 443 g/mol. The van der Waals surface area contributed by atoms with E-state index in [4.69, 9.17) is 23.7 Å². The summed E-state index contributed by atoms with van der Waals surface area (Å²) in [6, 6.07) is 7.19. The second kappa shape index (κ2) is 8.20. The Kier molecular flexibility index (Phi) is 6.37. The maximum Gasteiger partial charge on any atom is 0.494 e. The van der Waals surface area contributed by atoms with Gasteiger partial charge in [0.05, 0.1) is 22.4 Å². The molecule has 1 aromatic carbocycles. The molecule has 0 unspecified atom stereocenters. The van der Waals surface area contributed by atoms with E-state index in [1.807, 2.05) is 67.5 Å². The summed E-state index contributed by atoms with van der Waals surface area (Å²) in [7, 11) is -1.16. The van der Waals surface area contributed by atoms with Crippen molar-refractivity contribution < 1.29 is 28.5 Å². The molecule has 1 aromatic rings. The van der Waals surface area contributed by atoms with Crippen LogP contribution in [-0.2, 0) is 18.6 Å². The minimum Gasteiger partial charge on any atom is -0.465 e. The summed E-state index contributed by atoms with van der Waals surface area (Å²) < 4.78 is 25.6. The second-order valence-electron chi connectivity index (χ2n) is 10.5. The van der Waals surface area contributed by atoms with Gasteiger partial charge in [0.1, 0.15) is 0 Å². The summed E-state index contributed by atoms with van der Waals surface area (Å²) in [5.74, 6) is 0. The maximum atomic E-state index is 11.0. The maximum absolute atomic E-state index is 11.0. The van der Waals surface area contributed by atoms with Gasteiger partial charge in [0.15, 0.2) is 0 Å². The smallest absolute Gasteiger partial charge is 0.465 e. The zero-order chi connectivity index (χ0) is 24.1. The van der Waals surface area contributed by atoms with Crippen molar-refractivity contribution in [1.82, 2.24) is 0 Å². The van der Waals surface area contributed by atoms with Crippen molar-refractivity contribution in [1.29, 1.82) is 0 Å². The Bertz CT molecular complexity index is 876. The lowest BCUT2D eigenvalue weighted by Gasteiger charge is -2.32. The van der Waals surface area contributed by atoms with Crippen molar-refractivity contribution >= 4 is 31.5 Å². The summed E-state index contributed by atoms with van der Waals surface area (Å²) in [5.41, 5.74) is 1.18. The summed E-state index contributed by atoms with van der Waals surface area (Å²) >= 11 is 0. The molecule has 0 saturated carbocycles. The van der Waals surface area contributed by atoms with Crippen molar-refractivity contribution in [3.63, 3.8) is 0 Å². The molecular weight excluding hydrogens is 408 g/mol. The molecule has 3 rings (SSSR count). The first-order valence-corrected chi connectivity index (χ1v) is 11.1. The topological polar surface area (TPSA) is 86.3 Å². The largest absolute Gasteiger partial charge is 0.494 e. The fourth-order valence-corrected chi connectivity index (χ4v) is 3.76. The van der Waals surface area contributed by atoms with E-state index < -0.39 is 42.7 Å². The monoisotopic (exact) mass is 443 g/mol. The Morgan fingerprint density at radius 1 is 0.812 bits per heavy atom. The minimum absolute atomic E-state index is 0.478. The first-order chi connectivity index (χ1) is 14.6. The van der Waals surface area contributed by atoms with Crippen LogP contribution in [0.2, 0.25) is 0 Å². The van der Waals surface area contributed by atoms with Gasteiger partial charge >= 0.3 is 20.3 Å². The first-order valence-electron chi connectivity index (χ1n) is 11.1. The summed E-state index contributed by atoms with van der Waals surface area (Å²) in [6.45, 7) is 18.3. The van der Waals surface area contributed by atoms with Crippen LogP contribution in [-0.4, -0.2) is 47.8 Å². The Hall–Kier alpha value is -1.80. The van der Waals surface area contributed by atoms with Gasteiger partial charge in [-0.1, -0.05) is 19.1 Å². The van der Waals surface area contributed by atoms with Gasteiger partial charge in [-0.3, -0.25) is 5.32 Å². The lowest BCUT2D eigenvalue weighted by atomic mass is 9.61. The molecule has 0 bridgehead atoms. The van der Waals surface area contributed by atoms with Crippen LogP contribution in [0.25, 0.3) is 5.47 Å². The number of nitrogens with one attached hydrogen (secondary N) is 1. The van der Waals surface area contributed by atoms with Gasteiger partial charge in [-0.15, -0.1) is 0 Å². The van der Waals surface area contributed by atoms with E-state index in [2.05, 4.69) is 12.2 Å². The quantitative estimate of drug-likeness (QED) is 0.609. The van der Waals surface area contributed by atoms with Crippen LogP contribution in [0.5, 0.6) is 0 Å². The molecule has 0 radical (unpaired) electrons. The molecule has 2 N–H and O–H groups in total. The van der Waals surface area contributed by atoms with E-state index in [1.54, 1.807) is 12.1 Å². The van der Waals surface area contributed by atoms with Crippen LogP contribution >= 0.6 is 0 Å². The molecule has 7 nitrogen and oxygen atoms in total. The van der Waals surface area contributed by atoms with E-state index in [-0.39, 0.29) is 0 Å². The number of rotatable bonds is 5. The van der Waals surface area contributed by atoms with Gasteiger partial charge < -0.3 is 23.7 Å². The van der Waals surface area contributed by atoms with E-state index in [0.717, 1.165) is 16.5 Å². The van der Waals surface area contributed by atoms with Gasteiger partial charge in [0.2, 0.25) is 0 Å². The SMILES string of the molecule is CCC(B1OC(C)(C)C(C)(C)O1)=C(B1OC(C)(C)C(C)(C)O1)c1ccc(NC(=O)O)cc1. The highest BCUT2D eigenvalue weighted by Crippen LogP contribution is 2.45. The number of hydrogen-bond donors (Lipinski definition) is 2. The number of benzene rings is 1. The van der Waals surface area contributed by atoms with Gasteiger partial charge in [0, 0.05) is 5.69 Å². The highest BCUT2D eigenvalue weighted by atomic mass is 16.7. The zero-order valence-electron chi connectivity index (χ0n) is 20.7. The van der Waals surface area contributed by atoms with Crippen molar-refractivity contribution in [3.8, 4) is 0 Å². The molecular formula is C23H35B2NO6. The molecule has 2 heterocycles. The van der Waals surface area contributed by atoms with Crippen molar-refractivity contribution in [2.24, 2.45) is 0 Å². The lowest BCUT2D eigenvalue weighted by Crippen LogP contribution is -2.41. The molecule has 0 aromatic heterocycles. The van der Waals surface area contributed by atoms with Crippen molar-refractivity contribution in [2.45, 2.75) is 91.1 Å². The van der Waals surface area contributed by atoms with Crippen LogP contribution in [0.4, 0.5) is 10.5 Å². The van der Waals surface area contributed by atoms with Gasteiger partial charge in [-0.25, -0.2) is 4.79 Å². The molecule has 9 heteroatoms. The van der Waals surface area contributed by atoms with E-state index in [9.17, 15) is 4.79 Å².